The average molecular weight is 293 g/mol. The molecular formula is C19H23N3. The van der Waals surface area contributed by atoms with Gasteiger partial charge in [0.25, 0.3) is 0 Å². The van der Waals surface area contributed by atoms with E-state index >= 15 is 0 Å². The summed E-state index contributed by atoms with van der Waals surface area (Å²) in [6, 6.07) is 15.0. The molecule has 2 aromatic rings. The maximum atomic E-state index is 3.39. The fourth-order valence-corrected chi connectivity index (χ4v) is 3.10. The lowest BCUT2D eigenvalue weighted by atomic mass is 10.00. The minimum Gasteiger partial charge on any atom is -0.292 e. The van der Waals surface area contributed by atoms with Crippen LogP contribution in [0.4, 0.5) is 0 Å². The second-order valence-corrected chi connectivity index (χ2v) is 6.04. The van der Waals surface area contributed by atoms with Crippen molar-refractivity contribution < 1.29 is 0 Å². The number of aryl methyl sites for hydroxylation is 3. The van der Waals surface area contributed by atoms with Gasteiger partial charge in [0.05, 0.1) is 12.2 Å². The lowest BCUT2D eigenvalue weighted by Crippen LogP contribution is -2.37. The Kier molecular flexibility index (Phi) is 3.90. The van der Waals surface area contributed by atoms with Crippen LogP contribution in [0.15, 0.2) is 48.7 Å². The molecule has 3 heteroatoms. The predicted molar refractivity (Wildman–Crippen MR) is 91.5 cm³/mol. The highest BCUT2D eigenvalue weighted by Crippen LogP contribution is 2.24. The van der Waals surface area contributed by atoms with Gasteiger partial charge in [0.2, 0.25) is 0 Å². The minimum atomic E-state index is 0.860. The Balaban J connectivity index is 1.85. The number of hydrazine groups is 2. The molecule has 3 rings (SSSR count). The summed E-state index contributed by atoms with van der Waals surface area (Å²) in [5.41, 5.74) is 11.2. The standard InChI is InChI=1S/C19H23N3/c1-14-10-15(2)18(16(3)11-14)12-22-13-19(21(4)20-22)17-8-6-5-7-9-17/h5-11,13,20H,12H2,1-4H3. The van der Waals surface area contributed by atoms with Crippen LogP contribution in [0.3, 0.4) is 0 Å². The molecule has 22 heavy (non-hydrogen) atoms. The minimum absolute atomic E-state index is 0.860. The van der Waals surface area contributed by atoms with Crippen LogP contribution in [0, 0.1) is 20.8 Å². The molecule has 0 saturated carbocycles. The molecule has 0 aliphatic carbocycles. The van der Waals surface area contributed by atoms with Crippen LogP contribution in [0.25, 0.3) is 5.70 Å². The van der Waals surface area contributed by atoms with Gasteiger partial charge in [-0.1, -0.05) is 48.0 Å². The third kappa shape index (κ3) is 2.85. The Morgan fingerprint density at radius 2 is 1.59 bits per heavy atom. The Morgan fingerprint density at radius 1 is 0.955 bits per heavy atom. The maximum absolute atomic E-state index is 3.39. The van der Waals surface area contributed by atoms with Crippen molar-refractivity contribution in [2.75, 3.05) is 7.05 Å². The molecule has 0 radical (unpaired) electrons. The quantitative estimate of drug-likeness (QED) is 0.929. The van der Waals surface area contributed by atoms with Gasteiger partial charge in [0.1, 0.15) is 0 Å². The fraction of sp³-hybridized carbons (Fsp3) is 0.263. The molecule has 2 aromatic carbocycles. The molecule has 0 fully saturated rings. The van der Waals surface area contributed by atoms with Gasteiger partial charge in [0.15, 0.2) is 0 Å². The maximum Gasteiger partial charge on any atom is 0.0780 e. The second-order valence-electron chi connectivity index (χ2n) is 6.04. The Labute approximate surface area is 132 Å². The van der Waals surface area contributed by atoms with Gasteiger partial charge in [-0.25, -0.2) is 0 Å². The first-order valence-corrected chi connectivity index (χ1v) is 7.65. The molecule has 0 bridgehead atoms. The molecule has 1 heterocycles. The second kappa shape index (κ2) is 5.85. The van der Waals surface area contributed by atoms with Crippen molar-refractivity contribution in [2.24, 2.45) is 0 Å². The van der Waals surface area contributed by atoms with Crippen LogP contribution in [0.2, 0.25) is 0 Å². The van der Waals surface area contributed by atoms with E-state index in [2.05, 4.69) is 78.9 Å². The summed E-state index contributed by atoms with van der Waals surface area (Å²) in [4.78, 5) is 0. The summed E-state index contributed by atoms with van der Waals surface area (Å²) in [7, 11) is 2.05. The zero-order valence-electron chi connectivity index (χ0n) is 13.7. The Bertz CT molecular complexity index is 681. The smallest absolute Gasteiger partial charge is 0.0780 e. The third-order valence-corrected chi connectivity index (χ3v) is 4.16. The first-order valence-electron chi connectivity index (χ1n) is 7.65. The highest BCUT2D eigenvalue weighted by atomic mass is 15.8. The molecule has 0 saturated heterocycles. The largest absolute Gasteiger partial charge is 0.292 e. The molecule has 114 valence electrons. The molecule has 1 N–H and O–H groups in total. The van der Waals surface area contributed by atoms with Crippen molar-refractivity contribution in [3.05, 3.63) is 76.5 Å². The summed E-state index contributed by atoms with van der Waals surface area (Å²) in [6.07, 6.45) is 2.17. The van der Waals surface area contributed by atoms with Gasteiger partial charge in [-0.05, 0) is 37.5 Å². The van der Waals surface area contributed by atoms with Crippen LogP contribution in [0.1, 0.15) is 27.8 Å². The summed E-state index contributed by atoms with van der Waals surface area (Å²) < 4.78 is 0. The zero-order chi connectivity index (χ0) is 15.7. The number of nitrogens with zero attached hydrogens (tertiary/aromatic N) is 2. The Hall–Kier alpha value is -2.26. The van der Waals surface area contributed by atoms with E-state index in [0.29, 0.717) is 0 Å². The van der Waals surface area contributed by atoms with Gasteiger partial charge >= 0.3 is 0 Å². The van der Waals surface area contributed by atoms with E-state index in [1.54, 1.807) is 0 Å². The molecular weight excluding hydrogens is 270 g/mol. The van der Waals surface area contributed by atoms with E-state index in [-0.39, 0.29) is 0 Å². The number of nitrogens with one attached hydrogen (secondary N) is 1. The van der Waals surface area contributed by atoms with Crippen LogP contribution in [-0.4, -0.2) is 17.1 Å². The zero-order valence-corrected chi connectivity index (χ0v) is 13.7. The van der Waals surface area contributed by atoms with Gasteiger partial charge in [-0.3, -0.25) is 10.0 Å². The molecule has 0 spiro atoms. The predicted octanol–water partition coefficient (Wildman–Crippen LogP) is 3.78. The van der Waals surface area contributed by atoms with Crippen molar-refractivity contribution in [3.63, 3.8) is 0 Å². The Morgan fingerprint density at radius 3 is 2.23 bits per heavy atom. The number of hydrogen-bond acceptors (Lipinski definition) is 3. The first-order chi connectivity index (χ1) is 10.5. The highest BCUT2D eigenvalue weighted by Gasteiger charge is 2.19. The van der Waals surface area contributed by atoms with Crippen molar-refractivity contribution in [3.8, 4) is 0 Å². The summed E-state index contributed by atoms with van der Waals surface area (Å²) in [6.45, 7) is 7.39. The molecule has 1 aliphatic rings. The molecule has 3 nitrogen and oxygen atoms in total. The highest BCUT2D eigenvalue weighted by molar-refractivity contribution is 5.64. The van der Waals surface area contributed by atoms with Gasteiger partial charge in [-0.15, -0.1) is 5.53 Å². The molecule has 0 unspecified atom stereocenters. The number of hydrogen-bond donors (Lipinski definition) is 1. The van der Waals surface area contributed by atoms with E-state index in [4.69, 9.17) is 0 Å². The molecule has 0 amide bonds. The molecule has 1 aliphatic heterocycles. The van der Waals surface area contributed by atoms with Crippen LogP contribution >= 0.6 is 0 Å². The van der Waals surface area contributed by atoms with E-state index in [1.165, 1.54) is 33.5 Å². The topological polar surface area (TPSA) is 18.5 Å². The van der Waals surface area contributed by atoms with E-state index < -0.39 is 0 Å². The monoisotopic (exact) mass is 293 g/mol. The SMILES string of the molecule is Cc1cc(C)c(CN2C=C(c3ccccc3)N(C)N2)c(C)c1. The first kappa shape index (κ1) is 14.7. The molecule has 0 aromatic heterocycles. The van der Waals surface area contributed by atoms with Crippen LogP contribution in [0.5, 0.6) is 0 Å². The van der Waals surface area contributed by atoms with Crippen molar-refractivity contribution in [1.29, 1.82) is 0 Å². The van der Waals surface area contributed by atoms with E-state index in [0.717, 1.165) is 6.54 Å². The number of benzene rings is 2. The van der Waals surface area contributed by atoms with Gasteiger partial charge in [-0.2, -0.15) is 0 Å². The summed E-state index contributed by atoms with van der Waals surface area (Å²) in [5, 5.41) is 4.21. The molecule has 0 atom stereocenters. The van der Waals surface area contributed by atoms with Crippen molar-refractivity contribution >= 4 is 5.70 Å². The normalized spacial score (nSPS) is 14.5. The van der Waals surface area contributed by atoms with Crippen LogP contribution in [-0.2, 0) is 6.54 Å². The average Bonchev–Trinajstić information content (AvgIpc) is 2.84. The summed E-state index contributed by atoms with van der Waals surface area (Å²) in [5.74, 6) is 0. The summed E-state index contributed by atoms with van der Waals surface area (Å²) >= 11 is 0. The van der Waals surface area contributed by atoms with Gasteiger partial charge < -0.3 is 0 Å². The van der Waals surface area contributed by atoms with Gasteiger partial charge in [0, 0.05) is 18.8 Å². The lowest BCUT2D eigenvalue weighted by molar-refractivity contribution is 0.160. The number of rotatable bonds is 3. The van der Waals surface area contributed by atoms with E-state index in [1.807, 2.05) is 13.1 Å². The fourth-order valence-electron chi connectivity index (χ4n) is 3.10. The van der Waals surface area contributed by atoms with Crippen LogP contribution < -0.4 is 5.53 Å². The lowest BCUT2D eigenvalue weighted by Gasteiger charge is -2.22. The van der Waals surface area contributed by atoms with Crippen molar-refractivity contribution in [2.45, 2.75) is 27.3 Å². The van der Waals surface area contributed by atoms with Crippen molar-refractivity contribution in [1.82, 2.24) is 15.6 Å². The third-order valence-electron chi connectivity index (χ3n) is 4.16. The van der Waals surface area contributed by atoms with E-state index in [9.17, 15) is 0 Å².